The molecule has 4 aromatic rings. The second-order valence-corrected chi connectivity index (χ2v) is 6.87. The van der Waals surface area contributed by atoms with E-state index in [4.69, 9.17) is 0 Å². The minimum absolute atomic E-state index is 0.0875. The number of anilines is 1. The number of carbonyl (C=O) groups is 1. The molecule has 0 saturated heterocycles. The maximum absolute atomic E-state index is 13.2. The zero-order valence-corrected chi connectivity index (χ0v) is 15.9. The average Bonchev–Trinajstić information content (AvgIpc) is 3.07. The quantitative estimate of drug-likeness (QED) is 0.404. The fourth-order valence-corrected chi connectivity index (χ4v) is 3.17. The van der Waals surface area contributed by atoms with Gasteiger partial charge in [-0.3, -0.25) is 19.3 Å². The lowest BCUT2D eigenvalue weighted by molar-refractivity contribution is -0.384. The SMILES string of the molecule is Cc1ccc(-c2nc3ccc(C)cn3c2C(=O)Nc2cccc([N+](=O)[O-])c2)cc1. The average molecular weight is 386 g/mol. The van der Waals surface area contributed by atoms with Gasteiger partial charge in [0.25, 0.3) is 11.6 Å². The Bertz CT molecular complexity index is 1240. The summed E-state index contributed by atoms with van der Waals surface area (Å²) in [5.74, 6) is -0.390. The minimum atomic E-state index is -0.495. The van der Waals surface area contributed by atoms with Crippen LogP contribution in [0.2, 0.25) is 0 Å². The molecule has 2 aromatic carbocycles. The number of nitrogens with zero attached hydrogens (tertiary/aromatic N) is 3. The van der Waals surface area contributed by atoms with Gasteiger partial charge in [-0.25, -0.2) is 4.98 Å². The van der Waals surface area contributed by atoms with Crippen molar-refractivity contribution in [2.75, 3.05) is 5.32 Å². The molecule has 2 aromatic heterocycles. The van der Waals surface area contributed by atoms with Crippen molar-refractivity contribution in [1.29, 1.82) is 0 Å². The number of nitro groups is 1. The standard InChI is InChI=1S/C22H18N4O3/c1-14-6-9-16(10-7-14)20-21(25-13-15(2)8-11-19(25)24-20)22(27)23-17-4-3-5-18(12-17)26(28)29/h3-13H,1-2H3,(H,23,27). The molecule has 7 heteroatoms. The predicted molar refractivity (Wildman–Crippen MR) is 111 cm³/mol. The molecular weight excluding hydrogens is 368 g/mol. The zero-order valence-electron chi connectivity index (χ0n) is 15.9. The third-order valence-corrected chi connectivity index (χ3v) is 4.62. The van der Waals surface area contributed by atoms with E-state index in [0.29, 0.717) is 22.7 Å². The van der Waals surface area contributed by atoms with Gasteiger partial charge in [-0.2, -0.15) is 0 Å². The Hall–Kier alpha value is -4.00. The van der Waals surface area contributed by atoms with Gasteiger partial charge in [0.1, 0.15) is 17.0 Å². The van der Waals surface area contributed by atoms with E-state index in [-0.39, 0.29) is 11.6 Å². The molecule has 0 aliphatic rings. The maximum atomic E-state index is 13.2. The largest absolute Gasteiger partial charge is 0.320 e. The van der Waals surface area contributed by atoms with E-state index < -0.39 is 4.92 Å². The van der Waals surface area contributed by atoms with E-state index in [9.17, 15) is 14.9 Å². The Morgan fingerprint density at radius 2 is 1.76 bits per heavy atom. The predicted octanol–water partition coefficient (Wildman–Crippen LogP) is 4.78. The molecule has 0 radical (unpaired) electrons. The number of rotatable bonds is 4. The molecule has 0 bridgehead atoms. The molecule has 144 valence electrons. The van der Waals surface area contributed by atoms with E-state index in [1.165, 1.54) is 18.2 Å². The van der Waals surface area contributed by atoms with Crippen LogP contribution in [0, 0.1) is 24.0 Å². The number of hydrogen-bond donors (Lipinski definition) is 1. The normalized spacial score (nSPS) is 10.8. The molecule has 0 unspecified atom stereocenters. The Morgan fingerprint density at radius 3 is 2.48 bits per heavy atom. The number of aromatic nitrogens is 2. The molecule has 0 atom stereocenters. The highest BCUT2D eigenvalue weighted by Gasteiger charge is 2.21. The number of non-ortho nitro benzene ring substituents is 1. The van der Waals surface area contributed by atoms with Crippen LogP contribution in [-0.4, -0.2) is 20.2 Å². The van der Waals surface area contributed by atoms with Crippen LogP contribution in [0.5, 0.6) is 0 Å². The second kappa shape index (κ2) is 7.20. The number of hydrogen-bond acceptors (Lipinski definition) is 4. The van der Waals surface area contributed by atoms with Crippen molar-refractivity contribution >= 4 is 22.9 Å². The van der Waals surface area contributed by atoms with E-state index in [1.54, 1.807) is 10.5 Å². The van der Waals surface area contributed by atoms with E-state index in [1.807, 2.05) is 56.4 Å². The first-order valence-electron chi connectivity index (χ1n) is 9.04. The van der Waals surface area contributed by atoms with Crippen molar-refractivity contribution in [1.82, 2.24) is 9.38 Å². The summed E-state index contributed by atoms with van der Waals surface area (Å²) in [7, 11) is 0. The third-order valence-electron chi connectivity index (χ3n) is 4.62. The molecule has 1 amide bonds. The molecule has 4 rings (SSSR count). The minimum Gasteiger partial charge on any atom is -0.320 e. The number of imidazole rings is 1. The summed E-state index contributed by atoms with van der Waals surface area (Å²) in [6.45, 7) is 3.93. The van der Waals surface area contributed by atoms with Crippen LogP contribution in [0.25, 0.3) is 16.9 Å². The Kier molecular flexibility index (Phi) is 4.56. The highest BCUT2D eigenvalue weighted by molar-refractivity contribution is 6.07. The van der Waals surface area contributed by atoms with Gasteiger partial charge in [0.2, 0.25) is 0 Å². The van der Waals surface area contributed by atoms with Crippen LogP contribution in [0.15, 0.2) is 66.9 Å². The number of nitro benzene ring substituents is 1. The summed E-state index contributed by atoms with van der Waals surface area (Å²) in [5, 5.41) is 13.8. The lowest BCUT2D eigenvalue weighted by Gasteiger charge is -2.08. The highest BCUT2D eigenvalue weighted by Crippen LogP contribution is 2.27. The van der Waals surface area contributed by atoms with Crippen molar-refractivity contribution < 1.29 is 9.72 Å². The Labute approximate surface area is 166 Å². The van der Waals surface area contributed by atoms with Crippen LogP contribution >= 0.6 is 0 Å². The fourth-order valence-electron chi connectivity index (χ4n) is 3.17. The van der Waals surface area contributed by atoms with Crippen LogP contribution in [0.4, 0.5) is 11.4 Å². The molecular formula is C22H18N4O3. The lowest BCUT2D eigenvalue weighted by atomic mass is 10.1. The summed E-state index contributed by atoms with van der Waals surface area (Å²) >= 11 is 0. The first kappa shape index (κ1) is 18.4. The van der Waals surface area contributed by atoms with Gasteiger partial charge in [0.05, 0.1) is 4.92 Å². The van der Waals surface area contributed by atoms with Crippen molar-refractivity contribution in [3.8, 4) is 11.3 Å². The number of benzene rings is 2. The van der Waals surface area contributed by atoms with Crippen molar-refractivity contribution in [3.05, 3.63) is 93.8 Å². The lowest BCUT2D eigenvalue weighted by Crippen LogP contribution is -2.15. The van der Waals surface area contributed by atoms with Gasteiger partial charge in [-0.05, 0) is 31.5 Å². The molecule has 29 heavy (non-hydrogen) atoms. The van der Waals surface area contributed by atoms with Gasteiger partial charge in [-0.1, -0.05) is 42.0 Å². The first-order valence-corrected chi connectivity index (χ1v) is 9.04. The van der Waals surface area contributed by atoms with E-state index in [0.717, 1.165) is 16.7 Å². The van der Waals surface area contributed by atoms with Crippen LogP contribution in [0.1, 0.15) is 21.6 Å². The maximum Gasteiger partial charge on any atom is 0.274 e. The number of aryl methyl sites for hydroxylation is 2. The van der Waals surface area contributed by atoms with Crippen LogP contribution in [0.3, 0.4) is 0 Å². The molecule has 7 nitrogen and oxygen atoms in total. The third kappa shape index (κ3) is 3.58. The highest BCUT2D eigenvalue weighted by atomic mass is 16.6. The molecule has 0 spiro atoms. The molecule has 0 saturated carbocycles. The summed E-state index contributed by atoms with van der Waals surface area (Å²) < 4.78 is 1.75. The summed E-state index contributed by atoms with van der Waals surface area (Å²) in [5.41, 5.74) is 4.75. The number of nitrogens with one attached hydrogen (secondary N) is 1. The number of pyridine rings is 1. The summed E-state index contributed by atoms with van der Waals surface area (Å²) in [6, 6.07) is 17.4. The fraction of sp³-hybridized carbons (Fsp3) is 0.0909. The van der Waals surface area contributed by atoms with Crippen LogP contribution < -0.4 is 5.32 Å². The Balaban J connectivity index is 1.82. The van der Waals surface area contributed by atoms with Gasteiger partial charge in [0, 0.05) is 29.6 Å². The summed E-state index contributed by atoms with van der Waals surface area (Å²) in [6.07, 6.45) is 1.85. The van der Waals surface area contributed by atoms with Crippen molar-refractivity contribution in [3.63, 3.8) is 0 Å². The van der Waals surface area contributed by atoms with Crippen molar-refractivity contribution in [2.24, 2.45) is 0 Å². The van der Waals surface area contributed by atoms with Gasteiger partial charge >= 0.3 is 0 Å². The van der Waals surface area contributed by atoms with Crippen LogP contribution in [-0.2, 0) is 0 Å². The monoisotopic (exact) mass is 386 g/mol. The topological polar surface area (TPSA) is 89.5 Å². The smallest absolute Gasteiger partial charge is 0.274 e. The van der Waals surface area contributed by atoms with Gasteiger partial charge < -0.3 is 5.32 Å². The Morgan fingerprint density at radius 1 is 1.03 bits per heavy atom. The number of carbonyl (C=O) groups excluding carboxylic acids is 1. The van der Waals surface area contributed by atoms with Gasteiger partial charge in [-0.15, -0.1) is 0 Å². The summed E-state index contributed by atoms with van der Waals surface area (Å²) in [4.78, 5) is 28.4. The molecule has 0 fully saturated rings. The molecule has 0 aliphatic carbocycles. The van der Waals surface area contributed by atoms with Crippen molar-refractivity contribution in [2.45, 2.75) is 13.8 Å². The molecule has 1 N–H and O–H groups in total. The number of amides is 1. The molecule has 0 aliphatic heterocycles. The molecule has 2 heterocycles. The number of fused-ring (bicyclic) bond motifs is 1. The second-order valence-electron chi connectivity index (χ2n) is 6.87. The van der Waals surface area contributed by atoms with E-state index >= 15 is 0 Å². The first-order chi connectivity index (χ1) is 13.9. The zero-order chi connectivity index (χ0) is 20.5. The van der Waals surface area contributed by atoms with E-state index in [2.05, 4.69) is 10.3 Å². The van der Waals surface area contributed by atoms with Gasteiger partial charge in [0.15, 0.2) is 0 Å².